The van der Waals surface area contributed by atoms with E-state index in [4.69, 9.17) is 0 Å². The van der Waals surface area contributed by atoms with Crippen LogP contribution in [0.25, 0.3) is 0 Å². The molecule has 0 unspecified atom stereocenters. The van der Waals surface area contributed by atoms with Crippen molar-refractivity contribution in [3.8, 4) is 0 Å². The second-order valence-electron chi connectivity index (χ2n) is 2.58. The zero-order valence-electron chi connectivity index (χ0n) is 6.15. The zero-order valence-corrected chi connectivity index (χ0v) is 6.15. The van der Waals surface area contributed by atoms with E-state index in [9.17, 15) is 4.39 Å². The Morgan fingerprint density at radius 3 is 2.80 bits per heavy atom. The standard InChI is InChI=1S/C9H13F/c10-8-9-6-4-2-1-3-5-7-9/h1-2,7H,3-6,8H2. The van der Waals surface area contributed by atoms with Gasteiger partial charge < -0.3 is 0 Å². The van der Waals surface area contributed by atoms with E-state index in [0.29, 0.717) is 0 Å². The third-order valence-corrected chi connectivity index (χ3v) is 1.74. The first-order valence-corrected chi connectivity index (χ1v) is 3.82. The SMILES string of the molecule is FCC1=CCCC=CCC1. The third-order valence-electron chi connectivity index (χ3n) is 1.74. The Labute approximate surface area is 61.4 Å². The molecular formula is C9H13F. The van der Waals surface area contributed by atoms with Gasteiger partial charge in [0.25, 0.3) is 0 Å². The summed E-state index contributed by atoms with van der Waals surface area (Å²) in [4.78, 5) is 0. The van der Waals surface area contributed by atoms with Crippen LogP contribution in [0.4, 0.5) is 4.39 Å². The predicted molar refractivity (Wildman–Crippen MR) is 41.7 cm³/mol. The fraction of sp³-hybridized carbons (Fsp3) is 0.556. The molecule has 1 rings (SSSR count). The fourth-order valence-corrected chi connectivity index (χ4v) is 1.11. The second kappa shape index (κ2) is 4.26. The molecule has 0 fully saturated rings. The van der Waals surface area contributed by atoms with Crippen molar-refractivity contribution in [2.75, 3.05) is 6.67 Å². The van der Waals surface area contributed by atoms with E-state index in [0.717, 1.165) is 31.3 Å². The van der Waals surface area contributed by atoms with Gasteiger partial charge in [-0.25, -0.2) is 4.39 Å². The Morgan fingerprint density at radius 2 is 2.00 bits per heavy atom. The molecule has 1 aliphatic rings. The number of hydrogen-bond acceptors (Lipinski definition) is 0. The Kier molecular flexibility index (Phi) is 3.20. The smallest absolute Gasteiger partial charge is 0.111 e. The molecule has 0 aromatic rings. The summed E-state index contributed by atoms with van der Waals surface area (Å²) in [6.07, 6.45) is 10.3. The molecule has 0 saturated carbocycles. The van der Waals surface area contributed by atoms with E-state index >= 15 is 0 Å². The topological polar surface area (TPSA) is 0 Å². The lowest BCUT2D eigenvalue weighted by atomic mass is 10.1. The van der Waals surface area contributed by atoms with E-state index in [1.54, 1.807) is 0 Å². The Morgan fingerprint density at radius 1 is 1.20 bits per heavy atom. The number of halogens is 1. The van der Waals surface area contributed by atoms with Crippen LogP contribution in [0, 0.1) is 0 Å². The highest BCUT2D eigenvalue weighted by Gasteiger charge is 1.96. The van der Waals surface area contributed by atoms with Crippen LogP contribution < -0.4 is 0 Å². The van der Waals surface area contributed by atoms with Crippen LogP contribution in [0.3, 0.4) is 0 Å². The van der Waals surface area contributed by atoms with Crippen LogP contribution >= 0.6 is 0 Å². The Bertz CT molecular complexity index is 145. The summed E-state index contributed by atoms with van der Waals surface area (Å²) in [5.74, 6) is 0. The zero-order chi connectivity index (χ0) is 7.23. The first kappa shape index (κ1) is 7.52. The quantitative estimate of drug-likeness (QED) is 0.491. The van der Waals surface area contributed by atoms with E-state index < -0.39 is 0 Å². The van der Waals surface area contributed by atoms with E-state index in [1.807, 2.05) is 6.08 Å². The molecule has 1 heteroatoms. The van der Waals surface area contributed by atoms with Crippen molar-refractivity contribution in [3.63, 3.8) is 0 Å². The van der Waals surface area contributed by atoms with Gasteiger partial charge in [-0.05, 0) is 31.3 Å². The largest absolute Gasteiger partial charge is 0.246 e. The van der Waals surface area contributed by atoms with Crippen LogP contribution in [-0.2, 0) is 0 Å². The summed E-state index contributed by atoms with van der Waals surface area (Å²) >= 11 is 0. The van der Waals surface area contributed by atoms with Crippen LogP contribution in [0.15, 0.2) is 23.8 Å². The molecule has 0 amide bonds. The highest BCUT2D eigenvalue weighted by molar-refractivity contribution is 5.06. The minimum Gasteiger partial charge on any atom is -0.246 e. The van der Waals surface area contributed by atoms with Crippen LogP contribution in [0.2, 0.25) is 0 Å². The Hall–Kier alpha value is -0.590. The summed E-state index contributed by atoms with van der Waals surface area (Å²) in [6.45, 7) is -0.256. The maximum absolute atomic E-state index is 12.1. The average Bonchev–Trinajstić information content (AvgIpc) is 1.87. The van der Waals surface area contributed by atoms with Crippen molar-refractivity contribution >= 4 is 0 Å². The highest BCUT2D eigenvalue weighted by atomic mass is 19.1. The molecule has 0 heterocycles. The number of alkyl halides is 1. The molecule has 1 aliphatic carbocycles. The van der Waals surface area contributed by atoms with Gasteiger partial charge in [-0.15, -0.1) is 0 Å². The average molecular weight is 140 g/mol. The molecule has 0 saturated heterocycles. The van der Waals surface area contributed by atoms with Gasteiger partial charge in [0, 0.05) is 0 Å². The number of rotatable bonds is 1. The van der Waals surface area contributed by atoms with Gasteiger partial charge in [-0.2, -0.15) is 0 Å². The minimum absolute atomic E-state index is 0.256. The maximum atomic E-state index is 12.1. The van der Waals surface area contributed by atoms with Crippen molar-refractivity contribution in [3.05, 3.63) is 23.8 Å². The molecule has 56 valence electrons. The van der Waals surface area contributed by atoms with Crippen LogP contribution in [0.5, 0.6) is 0 Å². The molecule has 0 N–H and O–H groups in total. The first-order chi connectivity index (χ1) is 4.93. The van der Waals surface area contributed by atoms with Crippen molar-refractivity contribution in [2.45, 2.75) is 25.7 Å². The summed E-state index contributed by atoms with van der Waals surface area (Å²) in [6, 6.07) is 0. The molecule has 10 heavy (non-hydrogen) atoms. The number of allylic oxidation sites excluding steroid dienone is 4. The van der Waals surface area contributed by atoms with Crippen LogP contribution in [0.1, 0.15) is 25.7 Å². The minimum atomic E-state index is -0.256. The molecule has 0 aliphatic heterocycles. The number of hydrogen-bond donors (Lipinski definition) is 0. The van der Waals surface area contributed by atoms with Crippen molar-refractivity contribution in [1.29, 1.82) is 0 Å². The van der Waals surface area contributed by atoms with E-state index in [1.165, 1.54) is 0 Å². The van der Waals surface area contributed by atoms with Gasteiger partial charge in [-0.1, -0.05) is 18.2 Å². The molecule has 0 aromatic heterocycles. The van der Waals surface area contributed by atoms with Crippen molar-refractivity contribution < 1.29 is 4.39 Å². The molecule has 0 atom stereocenters. The lowest BCUT2D eigenvalue weighted by Gasteiger charge is -2.02. The second-order valence-corrected chi connectivity index (χ2v) is 2.58. The van der Waals surface area contributed by atoms with E-state index in [2.05, 4.69) is 12.2 Å². The van der Waals surface area contributed by atoms with Crippen molar-refractivity contribution in [1.82, 2.24) is 0 Å². The Balaban J connectivity index is 2.41. The van der Waals surface area contributed by atoms with Crippen molar-refractivity contribution in [2.24, 2.45) is 0 Å². The summed E-state index contributed by atoms with van der Waals surface area (Å²) < 4.78 is 12.1. The van der Waals surface area contributed by atoms with Gasteiger partial charge in [0.15, 0.2) is 0 Å². The van der Waals surface area contributed by atoms with Gasteiger partial charge in [0.2, 0.25) is 0 Å². The van der Waals surface area contributed by atoms with Crippen LogP contribution in [-0.4, -0.2) is 6.67 Å². The molecule has 0 nitrogen and oxygen atoms in total. The summed E-state index contributed by atoms with van der Waals surface area (Å²) in [5.41, 5.74) is 0.976. The van der Waals surface area contributed by atoms with Gasteiger partial charge in [0.05, 0.1) is 0 Å². The molecule has 0 aromatic carbocycles. The van der Waals surface area contributed by atoms with E-state index in [-0.39, 0.29) is 6.67 Å². The monoisotopic (exact) mass is 140 g/mol. The summed E-state index contributed by atoms with van der Waals surface area (Å²) in [7, 11) is 0. The predicted octanol–water partition coefficient (Wildman–Crippen LogP) is 3.01. The maximum Gasteiger partial charge on any atom is 0.111 e. The van der Waals surface area contributed by atoms with Gasteiger partial charge in [-0.3, -0.25) is 0 Å². The molecular weight excluding hydrogens is 127 g/mol. The fourth-order valence-electron chi connectivity index (χ4n) is 1.11. The lowest BCUT2D eigenvalue weighted by Crippen LogP contribution is -1.87. The molecule has 0 radical (unpaired) electrons. The third kappa shape index (κ3) is 2.34. The normalized spacial score (nSPS) is 19.5. The highest BCUT2D eigenvalue weighted by Crippen LogP contribution is 2.12. The lowest BCUT2D eigenvalue weighted by molar-refractivity contribution is 0.529. The molecule has 0 bridgehead atoms. The van der Waals surface area contributed by atoms with Gasteiger partial charge in [0.1, 0.15) is 6.67 Å². The summed E-state index contributed by atoms with van der Waals surface area (Å²) in [5, 5.41) is 0. The first-order valence-electron chi connectivity index (χ1n) is 3.82. The molecule has 0 spiro atoms. The van der Waals surface area contributed by atoms with Gasteiger partial charge >= 0.3 is 0 Å².